The zero-order valence-corrected chi connectivity index (χ0v) is 33.0. The molecule has 55 heavy (non-hydrogen) atoms. The van der Waals surface area contributed by atoms with E-state index in [0.717, 1.165) is 12.8 Å². The minimum atomic E-state index is -4.01. The molecule has 2 aliphatic carbocycles. The van der Waals surface area contributed by atoms with Crippen molar-refractivity contribution >= 4 is 50.6 Å². The Balaban J connectivity index is 1.34. The van der Waals surface area contributed by atoms with Crippen molar-refractivity contribution in [2.45, 2.75) is 139 Å². The minimum absolute atomic E-state index is 0.00416. The molecule has 17 nitrogen and oxygen atoms in total. The number of nitrogens with zero attached hydrogens (tertiary/aromatic N) is 6. The number of nitrogens with one attached hydrogen (secondary N) is 3. The molecule has 1 saturated heterocycles. The molecule has 0 unspecified atom stereocenters. The van der Waals surface area contributed by atoms with Crippen molar-refractivity contribution in [2.75, 3.05) is 6.54 Å². The van der Waals surface area contributed by atoms with E-state index in [9.17, 15) is 27.6 Å². The van der Waals surface area contributed by atoms with E-state index in [-0.39, 0.29) is 37.9 Å². The summed E-state index contributed by atoms with van der Waals surface area (Å²) in [4.78, 5) is 64.8. The second-order valence-electron chi connectivity index (χ2n) is 16.6. The number of para-hydroxylation sites is 1. The van der Waals surface area contributed by atoms with Crippen molar-refractivity contribution in [2.24, 2.45) is 11.0 Å². The lowest BCUT2D eigenvalue weighted by atomic mass is 10.0. The first-order chi connectivity index (χ1) is 25.9. The van der Waals surface area contributed by atoms with Crippen LogP contribution in [0.1, 0.15) is 105 Å². The predicted octanol–water partition coefficient (Wildman–Crippen LogP) is 5.19. The second kappa shape index (κ2) is 15.0. The summed E-state index contributed by atoms with van der Waals surface area (Å²) >= 11 is 0. The highest BCUT2D eigenvalue weighted by Gasteiger charge is 2.63. The molecule has 4 aliphatic rings. The van der Waals surface area contributed by atoms with Gasteiger partial charge in [0.2, 0.25) is 21.8 Å². The molecular weight excluding hydrogens is 731 g/mol. The van der Waals surface area contributed by atoms with Gasteiger partial charge in [0.05, 0.1) is 22.5 Å². The minimum Gasteiger partial charge on any atom is -0.459 e. The number of benzene rings is 1. The predicted molar refractivity (Wildman–Crippen MR) is 203 cm³/mol. The van der Waals surface area contributed by atoms with Crippen LogP contribution in [0.5, 0.6) is 6.01 Å². The highest BCUT2D eigenvalue weighted by molar-refractivity contribution is 7.91. The average molecular weight is 782 g/mol. The van der Waals surface area contributed by atoms with Gasteiger partial charge in [-0.15, -0.1) is 0 Å². The van der Waals surface area contributed by atoms with Crippen molar-refractivity contribution in [1.29, 1.82) is 0 Å². The summed E-state index contributed by atoms with van der Waals surface area (Å²) in [5.41, 5.74) is 8.17. The lowest BCUT2D eigenvalue weighted by Gasteiger charge is -2.30. The largest absolute Gasteiger partial charge is 0.459 e. The van der Waals surface area contributed by atoms with Gasteiger partial charge in [-0.1, -0.05) is 42.2 Å². The molecule has 298 valence electrons. The third kappa shape index (κ3) is 8.39. The third-order valence-electron chi connectivity index (χ3n) is 10.8. The summed E-state index contributed by atoms with van der Waals surface area (Å²) in [5.74, 6) is -2.46. The number of azide groups is 1. The van der Waals surface area contributed by atoms with Crippen LogP contribution in [-0.4, -0.2) is 87.3 Å². The Hall–Kier alpha value is -4.83. The average Bonchev–Trinajstić information content (AvgIpc) is 3.91. The number of hydrogen-bond acceptors (Lipinski definition) is 10. The van der Waals surface area contributed by atoms with Gasteiger partial charge in [-0.25, -0.2) is 13.2 Å². The fraction of sp³-hybridized carbons (Fsp3) is 0.649. The fourth-order valence-electron chi connectivity index (χ4n) is 7.34. The normalized spacial score (nSPS) is 27.4. The zero-order valence-electron chi connectivity index (χ0n) is 32.2. The number of rotatable bonds is 8. The molecule has 0 bridgehead atoms. The number of allylic oxidation sites excluding steroid dienone is 1. The van der Waals surface area contributed by atoms with Crippen LogP contribution >= 0.6 is 0 Å². The van der Waals surface area contributed by atoms with E-state index in [1.807, 2.05) is 36.6 Å². The molecule has 2 aromatic rings. The van der Waals surface area contributed by atoms with Gasteiger partial charge in [-0.05, 0) is 91.7 Å². The van der Waals surface area contributed by atoms with Crippen LogP contribution in [0, 0.1) is 5.92 Å². The topological polar surface area (TPSA) is 227 Å². The summed E-state index contributed by atoms with van der Waals surface area (Å²) < 4.78 is 41.3. The van der Waals surface area contributed by atoms with E-state index in [1.165, 1.54) is 4.90 Å². The van der Waals surface area contributed by atoms with Gasteiger partial charge >= 0.3 is 6.09 Å². The van der Waals surface area contributed by atoms with Crippen LogP contribution < -0.4 is 20.1 Å². The Labute approximate surface area is 320 Å². The molecule has 1 aromatic heterocycles. The van der Waals surface area contributed by atoms with Gasteiger partial charge in [0, 0.05) is 23.3 Å². The van der Waals surface area contributed by atoms with Crippen LogP contribution in [0.3, 0.4) is 0 Å². The Morgan fingerprint density at radius 1 is 1.16 bits per heavy atom. The first-order valence-corrected chi connectivity index (χ1v) is 20.4. The fourth-order valence-corrected chi connectivity index (χ4v) is 8.65. The molecule has 18 heteroatoms. The maximum absolute atomic E-state index is 14.5. The smallest absolute Gasteiger partial charge is 0.408 e. The molecule has 3 heterocycles. The van der Waals surface area contributed by atoms with Crippen molar-refractivity contribution in [3.05, 3.63) is 40.8 Å². The molecular formula is C37H51N9O8S. The van der Waals surface area contributed by atoms with Gasteiger partial charge in [0.1, 0.15) is 34.8 Å². The number of carbonyl (C=O) groups excluding carboxylic acids is 4. The van der Waals surface area contributed by atoms with E-state index < -0.39 is 73.8 Å². The Kier molecular flexibility index (Phi) is 10.9. The van der Waals surface area contributed by atoms with Gasteiger partial charge in [0.15, 0.2) is 0 Å². The standard InChI is InChI=1S/C37H51N9O8S/c1-22(2)46-27-16-12-15-25(42-44-38)29(27)40-33(46)53-24-19-28-30(47)41-37(32(49)43-55(51,52)36(6)17-18-36)20-23(37)13-10-8-7-9-11-14-26(31(48)45(28)21-24)39-34(50)54-35(3,4)5/h10,12-13,15-16,22-24,26,28H,7-9,11,14,17-21H2,1-6H3,(H,39,50)(H,41,47)(H,43,49)/b13-10-/t23-,24-,26+,28+,37-/m1/s1. The molecule has 2 saturated carbocycles. The SMILES string of the molecule is CC(C)n1c(O[C@@H]2C[C@H]3C(=O)N[C@]4(C(=O)NS(=O)(=O)C5(C)CC5)C[C@H]4/C=C\CCCCC[C@H](NC(=O)OC(C)(C)C)C(=O)N3C2)nc2c(N=[N+]=[N-])cccc21. The van der Waals surface area contributed by atoms with Crippen LogP contribution in [-0.2, 0) is 29.1 Å². The number of ether oxygens (including phenoxy) is 2. The molecule has 3 N–H and O–H groups in total. The number of imidazole rings is 1. The van der Waals surface area contributed by atoms with E-state index in [4.69, 9.17) is 15.0 Å². The summed E-state index contributed by atoms with van der Waals surface area (Å²) in [6.07, 6.45) is 6.35. The van der Waals surface area contributed by atoms with Crippen molar-refractivity contribution in [3.8, 4) is 6.01 Å². The van der Waals surface area contributed by atoms with Gasteiger partial charge in [0.25, 0.3) is 11.9 Å². The quantitative estimate of drug-likeness (QED) is 0.138. The first-order valence-electron chi connectivity index (χ1n) is 19.0. The van der Waals surface area contributed by atoms with Crippen molar-refractivity contribution in [3.63, 3.8) is 0 Å². The molecule has 4 amide bonds. The molecule has 1 aromatic carbocycles. The summed E-state index contributed by atoms with van der Waals surface area (Å²) in [5, 5.41) is 9.38. The van der Waals surface area contributed by atoms with Gasteiger partial charge < -0.3 is 25.0 Å². The summed E-state index contributed by atoms with van der Waals surface area (Å²) in [7, 11) is -4.01. The third-order valence-corrected chi connectivity index (χ3v) is 12.9. The highest BCUT2D eigenvalue weighted by atomic mass is 32.2. The van der Waals surface area contributed by atoms with Crippen molar-refractivity contribution in [1.82, 2.24) is 29.8 Å². The molecule has 6 rings (SSSR count). The van der Waals surface area contributed by atoms with E-state index >= 15 is 0 Å². The molecule has 3 fully saturated rings. The number of carbonyl (C=O) groups is 4. The number of sulfonamides is 1. The maximum atomic E-state index is 14.5. The lowest BCUT2D eigenvalue weighted by Crippen LogP contribution is -2.58. The van der Waals surface area contributed by atoms with Crippen molar-refractivity contribution < 1.29 is 37.1 Å². The molecule has 0 spiro atoms. The maximum Gasteiger partial charge on any atom is 0.408 e. The Morgan fingerprint density at radius 3 is 2.58 bits per heavy atom. The van der Waals surface area contributed by atoms with Crippen LogP contribution in [0.25, 0.3) is 21.5 Å². The van der Waals surface area contributed by atoms with E-state index in [1.54, 1.807) is 39.8 Å². The molecule has 5 atom stereocenters. The van der Waals surface area contributed by atoms with Crippen LogP contribution in [0.4, 0.5) is 10.5 Å². The number of alkyl carbamates (subject to hydrolysis) is 1. The van der Waals surface area contributed by atoms with E-state index in [2.05, 4.69) is 30.4 Å². The number of amides is 4. The van der Waals surface area contributed by atoms with Crippen LogP contribution in [0.15, 0.2) is 35.5 Å². The number of fused-ring (bicyclic) bond motifs is 3. The Morgan fingerprint density at radius 2 is 1.91 bits per heavy atom. The second-order valence-corrected chi connectivity index (χ2v) is 18.8. The summed E-state index contributed by atoms with van der Waals surface area (Å²) in [6, 6.07) is 3.05. The van der Waals surface area contributed by atoms with Gasteiger partial charge in [-0.3, -0.25) is 23.7 Å². The summed E-state index contributed by atoms with van der Waals surface area (Å²) in [6.45, 7) is 10.5. The highest BCUT2D eigenvalue weighted by Crippen LogP contribution is 2.47. The Bertz CT molecular complexity index is 2050. The van der Waals surface area contributed by atoms with E-state index in [0.29, 0.717) is 42.4 Å². The zero-order chi connectivity index (χ0) is 39.9. The number of aromatic nitrogens is 2. The first kappa shape index (κ1) is 39.9. The molecule has 2 aliphatic heterocycles. The number of hydrogen-bond donors (Lipinski definition) is 3. The van der Waals surface area contributed by atoms with Gasteiger partial charge in [-0.2, -0.15) is 4.98 Å². The monoisotopic (exact) mass is 781 g/mol. The molecule has 0 radical (unpaired) electrons. The lowest BCUT2D eigenvalue weighted by molar-refractivity contribution is -0.141. The van der Waals surface area contributed by atoms with Crippen LogP contribution in [0.2, 0.25) is 0 Å².